The van der Waals surface area contributed by atoms with Crippen LogP contribution in [0.1, 0.15) is 30.9 Å². The second-order valence-electron chi connectivity index (χ2n) is 6.41. The molecule has 136 valence electrons. The van der Waals surface area contributed by atoms with Crippen LogP contribution in [0.3, 0.4) is 0 Å². The highest BCUT2D eigenvalue weighted by Crippen LogP contribution is 2.29. The van der Waals surface area contributed by atoms with Gasteiger partial charge in [-0.3, -0.25) is 9.59 Å². The second kappa shape index (κ2) is 7.64. The molecule has 1 heterocycles. The van der Waals surface area contributed by atoms with Crippen LogP contribution in [0.25, 0.3) is 0 Å². The molecule has 0 fully saturated rings. The topological polar surface area (TPSA) is 49.4 Å². The van der Waals surface area contributed by atoms with Gasteiger partial charge in [0.2, 0.25) is 11.8 Å². The van der Waals surface area contributed by atoms with Crippen molar-refractivity contribution < 1.29 is 18.4 Å². The molecule has 0 unspecified atom stereocenters. The molecule has 0 saturated heterocycles. The van der Waals surface area contributed by atoms with E-state index in [0.29, 0.717) is 24.2 Å². The van der Waals surface area contributed by atoms with Crippen molar-refractivity contribution in [3.63, 3.8) is 0 Å². The van der Waals surface area contributed by atoms with Gasteiger partial charge in [-0.1, -0.05) is 6.07 Å². The predicted octanol–water partition coefficient (Wildman–Crippen LogP) is 3.84. The molecule has 2 aromatic rings. The highest BCUT2D eigenvalue weighted by molar-refractivity contribution is 5.94. The van der Waals surface area contributed by atoms with Crippen LogP contribution in [-0.4, -0.2) is 18.4 Å². The van der Waals surface area contributed by atoms with Crippen molar-refractivity contribution in [2.75, 3.05) is 16.8 Å². The molecule has 3 rings (SSSR count). The quantitative estimate of drug-likeness (QED) is 0.903. The average Bonchev–Trinajstić information content (AvgIpc) is 2.62. The fraction of sp³-hybridized carbons (Fsp3) is 0.300. The van der Waals surface area contributed by atoms with E-state index in [4.69, 9.17) is 0 Å². The Bertz CT molecular complexity index is 852. The summed E-state index contributed by atoms with van der Waals surface area (Å²) in [6.45, 7) is 2.26. The molecule has 26 heavy (non-hydrogen) atoms. The van der Waals surface area contributed by atoms with Gasteiger partial charge in [0.1, 0.15) is 0 Å². The number of aryl methyl sites for hydroxylation is 2. The standard InChI is InChI=1S/C20H20F2N2O2/c1-13(25)24-10-2-3-15-12-16(6-8-19(15)24)23-20(26)9-5-14-4-7-17(21)18(22)11-14/h4,6-8,11-12H,2-3,5,9-10H2,1H3,(H,23,26). The third-order valence-corrected chi connectivity index (χ3v) is 4.49. The van der Waals surface area contributed by atoms with E-state index in [1.165, 1.54) is 6.07 Å². The Kier molecular flexibility index (Phi) is 5.30. The Labute approximate surface area is 150 Å². The van der Waals surface area contributed by atoms with Crippen molar-refractivity contribution in [2.24, 2.45) is 0 Å². The van der Waals surface area contributed by atoms with Crippen LogP contribution in [0.15, 0.2) is 36.4 Å². The third kappa shape index (κ3) is 4.07. The van der Waals surface area contributed by atoms with Crippen molar-refractivity contribution in [1.29, 1.82) is 0 Å². The molecule has 2 aromatic carbocycles. The lowest BCUT2D eigenvalue weighted by Gasteiger charge is -2.29. The molecule has 0 bridgehead atoms. The van der Waals surface area contributed by atoms with Gasteiger partial charge >= 0.3 is 0 Å². The smallest absolute Gasteiger partial charge is 0.224 e. The number of hydrogen-bond donors (Lipinski definition) is 1. The first-order chi connectivity index (χ1) is 12.4. The number of rotatable bonds is 4. The van der Waals surface area contributed by atoms with Crippen molar-refractivity contribution in [3.05, 3.63) is 59.2 Å². The molecule has 0 spiro atoms. The molecule has 4 nitrogen and oxygen atoms in total. The lowest BCUT2D eigenvalue weighted by Crippen LogP contribution is -2.33. The minimum absolute atomic E-state index is 0.00858. The van der Waals surface area contributed by atoms with Gasteiger partial charge in [0.25, 0.3) is 0 Å². The monoisotopic (exact) mass is 358 g/mol. The molecule has 1 N–H and O–H groups in total. The van der Waals surface area contributed by atoms with Gasteiger partial charge in [-0.05, 0) is 60.7 Å². The Morgan fingerprint density at radius 2 is 1.92 bits per heavy atom. The molecule has 0 aliphatic carbocycles. The third-order valence-electron chi connectivity index (χ3n) is 4.49. The predicted molar refractivity (Wildman–Crippen MR) is 96.1 cm³/mol. The number of fused-ring (bicyclic) bond motifs is 1. The SMILES string of the molecule is CC(=O)N1CCCc2cc(NC(=O)CCc3ccc(F)c(F)c3)ccc21. The number of anilines is 2. The van der Waals surface area contributed by atoms with Gasteiger partial charge in [-0.25, -0.2) is 8.78 Å². The summed E-state index contributed by atoms with van der Waals surface area (Å²) in [5.74, 6) is -2.00. The molecular weight excluding hydrogens is 338 g/mol. The fourth-order valence-electron chi connectivity index (χ4n) is 3.18. The Morgan fingerprint density at radius 3 is 2.65 bits per heavy atom. The summed E-state index contributed by atoms with van der Waals surface area (Å²) in [7, 11) is 0. The van der Waals surface area contributed by atoms with Crippen LogP contribution in [0.4, 0.5) is 20.2 Å². The molecule has 1 aliphatic rings. The Balaban J connectivity index is 1.62. The fourth-order valence-corrected chi connectivity index (χ4v) is 3.18. The van der Waals surface area contributed by atoms with Gasteiger partial charge in [0.05, 0.1) is 0 Å². The minimum Gasteiger partial charge on any atom is -0.326 e. The zero-order valence-corrected chi connectivity index (χ0v) is 14.5. The summed E-state index contributed by atoms with van der Waals surface area (Å²) in [5, 5.41) is 2.82. The van der Waals surface area contributed by atoms with E-state index in [1.807, 2.05) is 12.1 Å². The van der Waals surface area contributed by atoms with E-state index in [9.17, 15) is 18.4 Å². The summed E-state index contributed by atoms with van der Waals surface area (Å²) in [5.41, 5.74) is 3.17. The van der Waals surface area contributed by atoms with E-state index < -0.39 is 11.6 Å². The zero-order valence-electron chi connectivity index (χ0n) is 14.5. The normalized spacial score (nSPS) is 13.3. The Morgan fingerprint density at radius 1 is 1.12 bits per heavy atom. The van der Waals surface area contributed by atoms with Gasteiger partial charge in [0, 0.05) is 31.3 Å². The van der Waals surface area contributed by atoms with Crippen LogP contribution in [0.5, 0.6) is 0 Å². The van der Waals surface area contributed by atoms with E-state index in [0.717, 1.165) is 36.2 Å². The van der Waals surface area contributed by atoms with Crippen LogP contribution >= 0.6 is 0 Å². The van der Waals surface area contributed by atoms with Gasteiger partial charge in [-0.15, -0.1) is 0 Å². The number of carbonyl (C=O) groups is 2. The second-order valence-corrected chi connectivity index (χ2v) is 6.41. The van der Waals surface area contributed by atoms with Crippen LogP contribution in [0.2, 0.25) is 0 Å². The van der Waals surface area contributed by atoms with Crippen molar-refractivity contribution in [1.82, 2.24) is 0 Å². The summed E-state index contributed by atoms with van der Waals surface area (Å²) in [6, 6.07) is 9.15. The lowest BCUT2D eigenvalue weighted by molar-refractivity contribution is -0.117. The van der Waals surface area contributed by atoms with Crippen molar-refractivity contribution in [2.45, 2.75) is 32.6 Å². The minimum atomic E-state index is -0.910. The van der Waals surface area contributed by atoms with E-state index >= 15 is 0 Å². The zero-order chi connectivity index (χ0) is 18.7. The Hall–Kier alpha value is -2.76. The number of amides is 2. The van der Waals surface area contributed by atoms with Crippen LogP contribution < -0.4 is 10.2 Å². The summed E-state index contributed by atoms with van der Waals surface area (Å²) < 4.78 is 26.1. The summed E-state index contributed by atoms with van der Waals surface area (Å²) in [6.07, 6.45) is 2.24. The van der Waals surface area contributed by atoms with Crippen molar-refractivity contribution >= 4 is 23.2 Å². The maximum atomic E-state index is 13.2. The first kappa shape index (κ1) is 18.0. The largest absolute Gasteiger partial charge is 0.326 e. The van der Waals surface area contributed by atoms with Crippen LogP contribution in [-0.2, 0) is 22.4 Å². The summed E-state index contributed by atoms with van der Waals surface area (Å²) in [4.78, 5) is 25.6. The first-order valence-electron chi connectivity index (χ1n) is 8.59. The average molecular weight is 358 g/mol. The lowest BCUT2D eigenvalue weighted by atomic mass is 10.0. The van der Waals surface area contributed by atoms with Gasteiger partial charge in [-0.2, -0.15) is 0 Å². The molecule has 1 aliphatic heterocycles. The molecular formula is C20H20F2N2O2. The molecule has 2 amide bonds. The van der Waals surface area contributed by atoms with Crippen LogP contribution in [0, 0.1) is 11.6 Å². The first-order valence-corrected chi connectivity index (χ1v) is 8.59. The number of halogens is 2. The molecule has 0 aromatic heterocycles. The molecule has 6 heteroatoms. The number of nitrogens with zero attached hydrogens (tertiary/aromatic N) is 1. The molecule has 0 atom stereocenters. The maximum absolute atomic E-state index is 13.2. The van der Waals surface area contributed by atoms with E-state index in [1.54, 1.807) is 17.9 Å². The van der Waals surface area contributed by atoms with Crippen molar-refractivity contribution in [3.8, 4) is 0 Å². The molecule has 0 radical (unpaired) electrons. The van der Waals surface area contributed by atoms with E-state index in [2.05, 4.69) is 5.32 Å². The number of hydrogen-bond acceptors (Lipinski definition) is 2. The number of nitrogens with one attached hydrogen (secondary N) is 1. The van der Waals surface area contributed by atoms with Gasteiger partial charge < -0.3 is 10.2 Å². The highest BCUT2D eigenvalue weighted by atomic mass is 19.2. The highest BCUT2D eigenvalue weighted by Gasteiger charge is 2.20. The number of benzene rings is 2. The van der Waals surface area contributed by atoms with Gasteiger partial charge in [0.15, 0.2) is 11.6 Å². The molecule has 0 saturated carbocycles. The maximum Gasteiger partial charge on any atom is 0.224 e. The van der Waals surface area contributed by atoms with E-state index in [-0.39, 0.29) is 18.2 Å². The summed E-state index contributed by atoms with van der Waals surface area (Å²) >= 11 is 0. The number of carbonyl (C=O) groups excluding carboxylic acids is 2.